The number of hydrogen-bond acceptors (Lipinski definition) is 1. The van der Waals surface area contributed by atoms with Gasteiger partial charge in [-0.3, -0.25) is 0 Å². The normalized spacial score (nSPS) is 14.8. The molecule has 4 heteroatoms. The van der Waals surface area contributed by atoms with Crippen LogP contribution in [0.25, 0.3) is 0 Å². The highest BCUT2D eigenvalue weighted by molar-refractivity contribution is 4.75. The van der Waals surface area contributed by atoms with Crippen LogP contribution in [0.3, 0.4) is 0 Å². The Labute approximate surface area is 57.5 Å². The molecule has 0 spiro atoms. The minimum atomic E-state index is -4.24. The van der Waals surface area contributed by atoms with Crippen molar-refractivity contribution in [1.82, 2.24) is 0 Å². The van der Waals surface area contributed by atoms with Gasteiger partial charge in [-0.25, -0.2) is 0 Å². The van der Waals surface area contributed by atoms with Crippen LogP contribution in [0.2, 0.25) is 0 Å². The third-order valence-electron chi connectivity index (χ3n) is 0.842. The van der Waals surface area contributed by atoms with Crippen molar-refractivity contribution in [3.63, 3.8) is 0 Å². The van der Waals surface area contributed by atoms with E-state index in [9.17, 15) is 13.2 Å². The summed E-state index contributed by atoms with van der Waals surface area (Å²) in [7, 11) is 0. The Balaban J connectivity index is 3.45. The van der Waals surface area contributed by atoms with E-state index in [0.29, 0.717) is 0 Å². The Morgan fingerprint density at radius 1 is 1.60 bits per heavy atom. The van der Waals surface area contributed by atoms with Gasteiger partial charge in [-0.1, -0.05) is 6.08 Å². The maximum Gasteiger partial charge on any atom is 0.411 e. The molecule has 0 rings (SSSR count). The van der Waals surface area contributed by atoms with Gasteiger partial charge in [0.15, 0.2) is 0 Å². The molecule has 10 heavy (non-hydrogen) atoms. The first-order chi connectivity index (χ1) is 4.45. The topological polar surface area (TPSA) is 9.23 Å². The number of rotatable bonds is 3. The summed E-state index contributed by atoms with van der Waals surface area (Å²) in [5.41, 5.74) is 0. The largest absolute Gasteiger partial charge is 0.411 e. The Bertz CT molecular complexity index is 108. The minimum absolute atomic E-state index is 0.540. The quantitative estimate of drug-likeness (QED) is 0.566. The van der Waals surface area contributed by atoms with Crippen LogP contribution in [0.5, 0.6) is 0 Å². The summed E-state index contributed by atoms with van der Waals surface area (Å²) in [6.07, 6.45) is -3.47. The number of ether oxygens (including phenoxy) is 1. The summed E-state index contributed by atoms with van der Waals surface area (Å²) in [6.45, 7) is 3.56. The molecule has 0 amide bonds. The van der Waals surface area contributed by atoms with E-state index in [1.165, 1.54) is 13.0 Å². The van der Waals surface area contributed by atoms with Crippen molar-refractivity contribution in [1.29, 1.82) is 0 Å². The number of hydrogen-bond donors (Lipinski definition) is 0. The Kier molecular flexibility index (Phi) is 3.42. The van der Waals surface area contributed by atoms with E-state index < -0.39 is 18.9 Å². The van der Waals surface area contributed by atoms with Crippen molar-refractivity contribution in [3.8, 4) is 0 Å². The molecule has 0 saturated carbocycles. The Morgan fingerprint density at radius 3 is 2.40 bits per heavy atom. The van der Waals surface area contributed by atoms with Crippen molar-refractivity contribution < 1.29 is 17.9 Å². The molecule has 60 valence electrons. The van der Waals surface area contributed by atoms with Crippen LogP contribution in [0.15, 0.2) is 12.7 Å². The van der Waals surface area contributed by atoms with E-state index in [1.54, 1.807) is 0 Å². The lowest BCUT2D eigenvalue weighted by Crippen LogP contribution is -2.20. The highest BCUT2D eigenvalue weighted by atomic mass is 19.4. The minimum Gasteiger partial charge on any atom is -0.365 e. The molecule has 0 radical (unpaired) electrons. The summed E-state index contributed by atoms with van der Waals surface area (Å²) in [5.74, 6) is 0. The fourth-order valence-electron chi connectivity index (χ4n) is 0.294. The molecule has 0 fully saturated rings. The zero-order chi connectivity index (χ0) is 8.20. The van der Waals surface area contributed by atoms with Gasteiger partial charge < -0.3 is 4.74 Å². The molecule has 0 aromatic heterocycles. The predicted molar refractivity (Wildman–Crippen MR) is 31.7 cm³/mol. The molecule has 0 aromatic rings. The highest BCUT2D eigenvalue weighted by Gasteiger charge is 2.27. The van der Waals surface area contributed by atoms with Crippen molar-refractivity contribution in [2.24, 2.45) is 0 Å². The molecule has 0 aliphatic heterocycles. The summed E-state index contributed by atoms with van der Waals surface area (Å²) in [6, 6.07) is 0. The molecule has 0 saturated heterocycles. The maximum absolute atomic E-state index is 11.4. The van der Waals surface area contributed by atoms with Gasteiger partial charge in [-0.15, -0.1) is 6.58 Å². The van der Waals surface area contributed by atoms with E-state index in [2.05, 4.69) is 11.3 Å². The summed E-state index contributed by atoms with van der Waals surface area (Å²) < 4.78 is 38.5. The first-order valence-corrected chi connectivity index (χ1v) is 2.76. The van der Waals surface area contributed by atoms with E-state index in [4.69, 9.17) is 0 Å². The average molecular weight is 154 g/mol. The average Bonchev–Trinajstić information content (AvgIpc) is 1.81. The van der Waals surface area contributed by atoms with Crippen molar-refractivity contribution in [2.45, 2.75) is 19.2 Å². The van der Waals surface area contributed by atoms with Crippen molar-refractivity contribution in [2.75, 3.05) is 6.61 Å². The van der Waals surface area contributed by atoms with Crippen LogP contribution in [0.4, 0.5) is 13.2 Å². The van der Waals surface area contributed by atoms with Gasteiger partial charge in [0, 0.05) is 0 Å². The van der Waals surface area contributed by atoms with Gasteiger partial charge in [0.25, 0.3) is 0 Å². The molecule has 1 nitrogen and oxygen atoms in total. The smallest absolute Gasteiger partial charge is 0.365 e. The van der Waals surface area contributed by atoms with Crippen LogP contribution in [0, 0.1) is 0 Å². The lowest BCUT2D eigenvalue weighted by atomic mass is 10.4. The monoisotopic (exact) mass is 154 g/mol. The van der Waals surface area contributed by atoms with E-state index >= 15 is 0 Å². The zero-order valence-electron chi connectivity index (χ0n) is 5.61. The summed E-state index contributed by atoms with van der Waals surface area (Å²) in [4.78, 5) is 0. The van der Waals surface area contributed by atoms with E-state index in [0.717, 1.165) is 0 Å². The molecular weight excluding hydrogens is 145 g/mol. The predicted octanol–water partition coefficient (Wildman–Crippen LogP) is 2.14. The molecule has 0 aliphatic rings. The SMILES string of the molecule is C=CC(C)OCC(F)(F)F. The summed E-state index contributed by atoms with van der Waals surface area (Å²) in [5, 5.41) is 0. The Morgan fingerprint density at radius 2 is 2.10 bits per heavy atom. The second-order valence-electron chi connectivity index (χ2n) is 1.87. The van der Waals surface area contributed by atoms with Crippen LogP contribution in [0.1, 0.15) is 6.92 Å². The lowest BCUT2D eigenvalue weighted by molar-refractivity contribution is -0.179. The van der Waals surface area contributed by atoms with Gasteiger partial charge in [0.2, 0.25) is 0 Å². The van der Waals surface area contributed by atoms with Crippen molar-refractivity contribution >= 4 is 0 Å². The van der Waals surface area contributed by atoms with Crippen LogP contribution < -0.4 is 0 Å². The molecule has 0 heterocycles. The van der Waals surface area contributed by atoms with Gasteiger partial charge in [-0.2, -0.15) is 13.2 Å². The standard InChI is InChI=1S/C6H9F3O/c1-3-5(2)10-4-6(7,8)9/h3,5H,1,4H2,2H3. The van der Waals surface area contributed by atoms with Gasteiger partial charge >= 0.3 is 6.18 Å². The third kappa shape index (κ3) is 5.62. The maximum atomic E-state index is 11.4. The molecule has 0 aromatic carbocycles. The molecule has 1 unspecified atom stereocenters. The number of halogens is 3. The van der Waals surface area contributed by atoms with Gasteiger partial charge in [0.1, 0.15) is 6.61 Å². The molecule has 1 atom stereocenters. The fraction of sp³-hybridized carbons (Fsp3) is 0.667. The zero-order valence-corrected chi connectivity index (χ0v) is 5.61. The number of alkyl halides is 3. The van der Waals surface area contributed by atoms with Gasteiger partial charge in [0.05, 0.1) is 6.10 Å². The molecular formula is C6H9F3O. The van der Waals surface area contributed by atoms with Crippen LogP contribution >= 0.6 is 0 Å². The van der Waals surface area contributed by atoms with Crippen LogP contribution in [-0.2, 0) is 4.74 Å². The highest BCUT2D eigenvalue weighted by Crippen LogP contribution is 2.15. The third-order valence-corrected chi connectivity index (χ3v) is 0.842. The lowest BCUT2D eigenvalue weighted by Gasteiger charge is -2.10. The molecule has 0 N–H and O–H groups in total. The second kappa shape index (κ2) is 3.61. The van der Waals surface area contributed by atoms with E-state index in [-0.39, 0.29) is 0 Å². The van der Waals surface area contributed by atoms with E-state index in [1.807, 2.05) is 0 Å². The molecule has 0 aliphatic carbocycles. The first kappa shape index (κ1) is 9.49. The molecule has 0 bridgehead atoms. The van der Waals surface area contributed by atoms with Crippen LogP contribution in [-0.4, -0.2) is 18.9 Å². The second-order valence-corrected chi connectivity index (χ2v) is 1.87. The summed E-state index contributed by atoms with van der Waals surface area (Å²) >= 11 is 0. The van der Waals surface area contributed by atoms with Crippen molar-refractivity contribution in [3.05, 3.63) is 12.7 Å². The Hall–Kier alpha value is -0.510. The first-order valence-electron chi connectivity index (χ1n) is 2.76. The van der Waals surface area contributed by atoms with Gasteiger partial charge in [-0.05, 0) is 6.92 Å². The fourth-order valence-corrected chi connectivity index (χ4v) is 0.294.